The topological polar surface area (TPSA) is 88.5 Å². The van der Waals surface area contributed by atoms with Gasteiger partial charge >= 0.3 is 6.18 Å². The van der Waals surface area contributed by atoms with Crippen LogP contribution < -0.4 is 5.32 Å². The monoisotopic (exact) mass is 398 g/mol. The van der Waals surface area contributed by atoms with Crippen molar-refractivity contribution in [2.45, 2.75) is 6.18 Å². The van der Waals surface area contributed by atoms with E-state index in [0.29, 0.717) is 11.3 Å². The van der Waals surface area contributed by atoms with Gasteiger partial charge in [-0.05, 0) is 12.1 Å². The number of nitrogens with one attached hydrogen (secondary N) is 2. The molecule has 2 aromatic heterocycles. The number of hydrogen-bond donors (Lipinski definition) is 2. The third kappa shape index (κ3) is 3.86. The van der Waals surface area contributed by atoms with Crippen molar-refractivity contribution >= 4 is 11.9 Å². The normalized spacial score (nSPS) is 11.4. The minimum atomic E-state index is -4.69. The Bertz CT molecular complexity index is 1140. The quantitative estimate of drug-likeness (QED) is 0.545. The highest BCUT2D eigenvalue weighted by Crippen LogP contribution is 2.27. The van der Waals surface area contributed by atoms with Gasteiger partial charge in [-0.15, -0.1) is 5.10 Å². The molecular formula is C19H13F3N6O. The Morgan fingerprint density at radius 2 is 1.66 bits per heavy atom. The predicted octanol–water partition coefficient (Wildman–Crippen LogP) is 3.93. The molecular weight excluding hydrogens is 385 g/mol. The number of H-pyrrole nitrogens is 1. The maximum atomic E-state index is 12.8. The Balaban J connectivity index is 1.71. The molecule has 0 bridgehead atoms. The molecule has 2 N–H and O–H groups in total. The highest BCUT2D eigenvalue weighted by atomic mass is 19.4. The summed E-state index contributed by atoms with van der Waals surface area (Å²) in [7, 11) is 0. The molecule has 0 aliphatic heterocycles. The zero-order chi connectivity index (χ0) is 20.4. The van der Waals surface area contributed by atoms with Crippen molar-refractivity contribution in [2.24, 2.45) is 0 Å². The van der Waals surface area contributed by atoms with Crippen molar-refractivity contribution in [2.75, 3.05) is 5.32 Å². The first-order valence-electron chi connectivity index (χ1n) is 8.43. The lowest BCUT2D eigenvalue weighted by atomic mass is 10.1. The van der Waals surface area contributed by atoms with Crippen LogP contribution in [0.3, 0.4) is 0 Å². The molecule has 0 aliphatic carbocycles. The fourth-order valence-electron chi connectivity index (χ4n) is 2.68. The van der Waals surface area contributed by atoms with Crippen LogP contribution in [0.4, 0.5) is 19.1 Å². The van der Waals surface area contributed by atoms with E-state index in [4.69, 9.17) is 0 Å². The van der Waals surface area contributed by atoms with Crippen LogP contribution in [0.5, 0.6) is 0 Å². The van der Waals surface area contributed by atoms with Gasteiger partial charge in [-0.1, -0.05) is 48.5 Å². The zero-order valence-electron chi connectivity index (χ0n) is 14.7. The first-order valence-corrected chi connectivity index (χ1v) is 8.43. The summed E-state index contributed by atoms with van der Waals surface area (Å²) in [5, 5.41) is 11.9. The highest BCUT2D eigenvalue weighted by Gasteiger charge is 2.35. The van der Waals surface area contributed by atoms with Crippen LogP contribution in [0.25, 0.3) is 16.9 Å². The Morgan fingerprint density at radius 3 is 2.28 bits per heavy atom. The molecule has 4 rings (SSSR count). The van der Waals surface area contributed by atoms with Crippen molar-refractivity contribution < 1.29 is 18.0 Å². The van der Waals surface area contributed by atoms with Crippen molar-refractivity contribution in [1.82, 2.24) is 25.0 Å². The van der Waals surface area contributed by atoms with E-state index in [1.54, 1.807) is 29.4 Å². The third-order valence-electron chi connectivity index (χ3n) is 4.01. The van der Waals surface area contributed by atoms with E-state index in [9.17, 15) is 18.0 Å². The van der Waals surface area contributed by atoms with Gasteiger partial charge in [0.2, 0.25) is 11.8 Å². The molecule has 2 heterocycles. The minimum absolute atomic E-state index is 0.165. The molecule has 0 atom stereocenters. The Kier molecular flexibility index (Phi) is 4.59. The van der Waals surface area contributed by atoms with E-state index in [1.165, 1.54) is 10.9 Å². The smallest absolute Gasteiger partial charge is 0.289 e. The van der Waals surface area contributed by atoms with Gasteiger partial charge in [-0.25, -0.2) is 4.68 Å². The molecule has 146 valence electrons. The van der Waals surface area contributed by atoms with E-state index in [2.05, 4.69) is 20.5 Å². The maximum absolute atomic E-state index is 12.8. The summed E-state index contributed by atoms with van der Waals surface area (Å²) in [4.78, 5) is 16.0. The van der Waals surface area contributed by atoms with Gasteiger partial charge in [0.1, 0.15) is 5.69 Å². The van der Waals surface area contributed by atoms with Crippen LogP contribution in [0.15, 0.2) is 66.9 Å². The summed E-state index contributed by atoms with van der Waals surface area (Å²) in [6, 6.07) is 18.1. The molecule has 4 aromatic rings. The average Bonchev–Trinajstić information content (AvgIpc) is 3.36. The second kappa shape index (κ2) is 7.23. The summed E-state index contributed by atoms with van der Waals surface area (Å²) < 4.78 is 39.6. The number of alkyl halides is 3. The number of nitrogens with zero attached hydrogens (tertiary/aromatic N) is 4. The van der Waals surface area contributed by atoms with Gasteiger partial charge in [-0.2, -0.15) is 23.3 Å². The highest BCUT2D eigenvalue weighted by molar-refractivity contribution is 6.07. The third-order valence-corrected chi connectivity index (χ3v) is 4.01. The fraction of sp³-hybridized carbons (Fsp3) is 0.0526. The van der Waals surface area contributed by atoms with Gasteiger partial charge in [0.05, 0.1) is 11.3 Å². The lowest BCUT2D eigenvalue weighted by Gasteiger charge is -2.02. The van der Waals surface area contributed by atoms with Gasteiger partial charge in [-0.3, -0.25) is 15.2 Å². The summed E-state index contributed by atoms with van der Waals surface area (Å²) in [6.07, 6.45) is -3.19. The number of hydrogen-bond acceptors (Lipinski definition) is 4. The number of carbonyl (C=O) groups excluding carboxylic acids is 1. The molecule has 0 saturated carbocycles. The van der Waals surface area contributed by atoms with E-state index in [-0.39, 0.29) is 5.56 Å². The van der Waals surface area contributed by atoms with E-state index in [0.717, 1.165) is 5.69 Å². The summed E-state index contributed by atoms with van der Waals surface area (Å²) in [5.41, 5.74) is 1.94. The molecule has 0 unspecified atom stereocenters. The van der Waals surface area contributed by atoms with Crippen LogP contribution in [0, 0.1) is 0 Å². The number of rotatable bonds is 4. The van der Waals surface area contributed by atoms with Crippen LogP contribution >= 0.6 is 0 Å². The number of benzene rings is 2. The largest absolute Gasteiger partial charge is 0.451 e. The van der Waals surface area contributed by atoms with Crippen LogP contribution in [0.2, 0.25) is 0 Å². The van der Waals surface area contributed by atoms with Crippen molar-refractivity contribution in [3.63, 3.8) is 0 Å². The Morgan fingerprint density at radius 1 is 1.00 bits per heavy atom. The van der Waals surface area contributed by atoms with Crippen LogP contribution in [-0.2, 0) is 6.18 Å². The second-order valence-corrected chi connectivity index (χ2v) is 6.00. The first kappa shape index (κ1) is 18.4. The number of anilines is 1. The molecule has 0 radical (unpaired) electrons. The van der Waals surface area contributed by atoms with E-state index >= 15 is 0 Å². The van der Waals surface area contributed by atoms with Crippen molar-refractivity contribution in [3.05, 3.63) is 78.2 Å². The summed E-state index contributed by atoms with van der Waals surface area (Å²) in [6.45, 7) is 0. The van der Waals surface area contributed by atoms with Crippen LogP contribution in [0.1, 0.15) is 16.2 Å². The molecule has 0 spiro atoms. The molecule has 7 nitrogen and oxygen atoms in total. The fourth-order valence-corrected chi connectivity index (χ4v) is 2.68. The Labute approximate surface area is 162 Å². The molecule has 0 saturated heterocycles. The first-order chi connectivity index (χ1) is 13.9. The number of aromatic amines is 1. The van der Waals surface area contributed by atoms with Crippen molar-refractivity contribution in [3.8, 4) is 16.9 Å². The molecule has 1 amide bonds. The van der Waals surface area contributed by atoms with E-state index < -0.39 is 23.9 Å². The molecule has 10 heteroatoms. The summed E-state index contributed by atoms with van der Waals surface area (Å²) >= 11 is 0. The minimum Gasteiger partial charge on any atom is -0.289 e. The molecule has 0 fully saturated rings. The lowest BCUT2D eigenvalue weighted by Crippen LogP contribution is -2.14. The standard InChI is InChI=1S/C19H13F3N6O/c20-19(21,22)17-24-18(26-25-17)23-16(29)14-11-28(13-9-5-2-6-10-13)27-15(14)12-7-3-1-4-8-12/h1-11H,(H2,23,24,25,26,29). The SMILES string of the molecule is O=C(Nc1n[nH]c(C(F)(F)F)n1)c1cn(-c2ccccc2)nc1-c1ccccc1. The number of carbonyl (C=O) groups is 1. The van der Waals surface area contributed by atoms with Gasteiger partial charge in [0, 0.05) is 11.8 Å². The number of halogens is 3. The molecule has 0 aliphatic rings. The van der Waals surface area contributed by atoms with Crippen LogP contribution in [-0.4, -0.2) is 30.9 Å². The second-order valence-electron chi connectivity index (χ2n) is 6.00. The average molecular weight is 398 g/mol. The molecule has 2 aromatic carbocycles. The Hall–Kier alpha value is -3.95. The zero-order valence-corrected chi connectivity index (χ0v) is 14.7. The summed E-state index contributed by atoms with van der Waals surface area (Å²) in [5.74, 6) is -2.45. The van der Waals surface area contributed by atoms with Gasteiger partial charge in [0.15, 0.2) is 0 Å². The number of aromatic nitrogens is 5. The van der Waals surface area contributed by atoms with Gasteiger partial charge in [0.25, 0.3) is 5.91 Å². The maximum Gasteiger partial charge on any atom is 0.451 e. The lowest BCUT2D eigenvalue weighted by molar-refractivity contribution is -0.144. The molecule has 29 heavy (non-hydrogen) atoms. The number of para-hydroxylation sites is 1. The predicted molar refractivity (Wildman–Crippen MR) is 98.3 cm³/mol. The van der Waals surface area contributed by atoms with Crippen molar-refractivity contribution in [1.29, 1.82) is 0 Å². The number of amides is 1. The van der Waals surface area contributed by atoms with E-state index in [1.807, 2.05) is 36.4 Å². The van der Waals surface area contributed by atoms with Gasteiger partial charge < -0.3 is 0 Å².